The monoisotopic (exact) mass is 224 g/mol. The van der Waals surface area contributed by atoms with E-state index in [4.69, 9.17) is 0 Å². The summed E-state index contributed by atoms with van der Waals surface area (Å²) in [6, 6.07) is 7.18. The number of hydrogen-bond donors (Lipinski definition) is 0. The molecule has 0 saturated carbocycles. The highest BCUT2D eigenvalue weighted by Crippen LogP contribution is 2.17. The first kappa shape index (κ1) is 9.65. The summed E-state index contributed by atoms with van der Waals surface area (Å²) in [5.41, 5.74) is 2.12. The Morgan fingerprint density at radius 1 is 1.24 bits per heavy atom. The molecule has 0 unspecified atom stereocenters. The first-order valence-corrected chi connectivity index (χ1v) is 5.09. The first-order chi connectivity index (χ1) is 8.38. The summed E-state index contributed by atoms with van der Waals surface area (Å²) < 4.78 is 1.82. The molecule has 5 nitrogen and oxygen atoms in total. The number of rotatable bonds is 2. The fourth-order valence-electron chi connectivity index (χ4n) is 1.67. The van der Waals surface area contributed by atoms with Crippen molar-refractivity contribution < 1.29 is 4.79 Å². The third kappa shape index (κ3) is 1.57. The molecule has 0 saturated heterocycles. The van der Waals surface area contributed by atoms with Gasteiger partial charge in [0, 0.05) is 29.7 Å². The zero-order chi connectivity index (χ0) is 11.7. The van der Waals surface area contributed by atoms with Crippen molar-refractivity contribution >= 4 is 11.9 Å². The molecule has 82 valence electrons. The smallest absolute Gasteiger partial charge is 0.169 e. The summed E-state index contributed by atoms with van der Waals surface area (Å²) >= 11 is 0. The lowest BCUT2D eigenvalue weighted by molar-refractivity contribution is 0.112. The number of nitrogens with zero attached hydrogens (tertiary/aromatic N) is 4. The van der Waals surface area contributed by atoms with E-state index in [0.29, 0.717) is 17.0 Å². The zero-order valence-corrected chi connectivity index (χ0v) is 8.82. The van der Waals surface area contributed by atoms with Gasteiger partial charge in [0.1, 0.15) is 6.29 Å². The third-order valence-electron chi connectivity index (χ3n) is 2.49. The Kier molecular flexibility index (Phi) is 2.15. The molecule has 5 heteroatoms. The molecule has 17 heavy (non-hydrogen) atoms. The number of aldehydes is 1. The molecular weight excluding hydrogens is 216 g/mol. The van der Waals surface area contributed by atoms with Crippen LogP contribution in [0.1, 0.15) is 10.4 Å². The number of pyridine rings is 2. The number of aromatic nitrogens is 4. The minimum absolute atomic E-state index is 0.586. The maximum absolute atomic E-state index is 10.7. The molecule has 0 radical (unpaired) electrons. The van der Waals surface area contributed by atoms with Gasteiger partial charge >= 0.3 is 0 Å². The fraction of sp³-hybridized carbons (Fsp3) is 0. The lowest BCUT2D eigenvalue weighted by Gasteiger charge is -1.99. The summed E-state index contributed by atoms with van der Waals surface area (Å²) in [5, 5.41) is 8.13. The van der Waals surface area contributed by atoms with Crippen LogP contribution in [-0.2, 0) is 0 Å². The van der Waals surface area contributed by atoms with Gasteiger partial charge in [-0.1, -0.05) is 0 Å². The van der Waals surface area contributed by atoms with Gasteiger partial charge in [-0.05, 0) is 24.3 Å². The Morgan fingerprint density at radius 2 is 2.18 bits per heavy atom. The molecule has 0 aliphatic carbocycles. The van der Waals surface area contributed by atoms with Crippen LogP contribution in [0.2, 0.25) is 0 Å². The van der Waals surface area contributed by atoms with Crippen molar-refractivity contribution in [1.29, 1.82) is 0 Å². The van der Waals surface area contributed by atoms with Gasteiger partial charge in [-0.2, -0.15) is 0 Å². The van der Waals surface area contributed by atoms with E-state index >= 15 is 0 Å². The molecule has 0 N–H and O–H groups in total. The molecule has 0 aliphatic rings. The molecular formula is C12H8N4O. The SMILES string of the molecule is O=Cc1ccn2c(-c3cccnc3)nnc2c1. The standard InChI is InChI=1S/C12H8N4O/c17-8-9-3-5-16-11(6-9)14-15-12(16)10-2-1-4-13-7-10/h1-8H. The van der Waals surface area contributed by atoms with Gasteiger partial charge in [0.2, 0.25) is 0 Å². The minimum Gasteiger partial charge on any atom is -0.298 e. The largest absolute Gasteiger partial charge is 0.298 e. The van der Waals surface area contributed by atoms with Crippen LogP contribution in [0.15, 0.2) is 42.9 Å². The second kappa shape index (κ2) is 3.79. The summed E-state index contributed by atoms with van der Waals surface area (Å²) in [4.78, 5) is 14.7. The quantitative estimate of drug-likeness (QED) is 0.620. The average molecular weight is 224 g/mol. The predicted molar refractivity (Wildman–Crippen MR) is 61.6 cm³/mol. The molecule has 0 amide bonds. The Hall–Kier alpha value is -2.56. The van der Waals surface area contributed by atoms with E-state index < -0.39 is 0 Å². The van der Waals surface area contributed by atoms with E-state index in [-0.39, 0.29) is 0 Å². The summed E-state index contributed by atoms with van der Waals surface area (Å²) in [6.45, 7) is 0. The van der Waals surface area contributed by atoms with Crippen molar-refractivity contribution in [1.82, 2.24) is 19.6 Å². The highest BCUT2D eigenvalue weighted by molar-refractivity contribution is 5.77. The van der Waals surface area contributed by atoms with E-state index in [1.54, 1.807) is 30.7 Å². The summed E-state index contributed by atoms with van der Waals surface area (Å²) in [6.07, 6.45) is 6.00. The molecule has 0 atom stereocenters. The Bertz CT molecular complexity index is 675. The second-order valence-electron chi connectivity index (χ2n) is 3.57. The van der Waals surface area contributed by atoms with E-state index in [0.717, 1.165) is 11.8 Å². The van der Waals surface area contributed by atoms with Gasteiger partial charge in [0.25, 0.3) is 0 Å². The lowest BCUT2D eigenvalue weighted by atomic mass is 10.2. The van der Waals surface area contributed by atoms with Crippen LogP contribution in [0, 0.1) is 0 Å². The summed E-state index contributed by atoms with van der Waals surface area (Å²) in [5.74, 6) is 0.713. The van der Waals surface area contributed by atoms with Crippen LogP contribution in [-0.4, -0.2) is 25.9 Å². The molecule has 0 aromatic carbocycles. The molecule has 3 heterocycles. The van der Waals surface area contributed by atoms with Crippen LogP contribution in [0.25, 0.3) is 17.0 Å². The molecule has 3 aromatic heterocycles. The van der Waals surface area contributed by atoms with Crippen LogP contribution < -0.4 is 0 Å². The van der Waals surface area contributed by atoms with Gasteiger partial charge in [-0.15, -0.1) is 10.2 Å². The third-order valence-corrected chi connectivity index (χ3v) is 2.49. The van der Waals surface area contributed by atoms with Crippen LogP contribution in [0.4, 0.5) is 0 Å². The maximum Gasteiger partial charge on any atom is 0.169 e. The van der Waals surface area contributed by atoms with Gasteiger partial charge in [0.05, 0.1) is 0 Å². The van der Waals surface area contributed by atoms with Gasteiger partial charge < -0.3 is 0 Å². The van der Waals surface area contributed by atoms with E-state index in [9.17, 15) is 4.79 Å². The maximum atomic E-state index is 10.7. The number of carbonyl (C=O) groups excluding carboxylic acids is 1. The van der Waals surface area contributed by atoms with E-state index in [2.05, 4.69) is 15.2 Å². The van der Waals surface area contributed by atoms with Crippen molar-refractivity contribution in [3.63, 3.8) is 0 Å². The Labute approximate surface area is 96.8 Å². The molecule has 3 aromatic rings. The Morgan fingerprint density at radius 3 is 2.94 bits per heavy atom. The number of carbonyl (C=O) groups is 1. The second-order valence-corrected chi connectivity index (χ2v) is 3.57. The van der Waals surface area contributed by atoms with Crippen LogP contribution >= 0.6 is 0 Å². The lowest BCUT2D eigenvalue weighted by Crippen LogP contribution is -1.91. The average Bonchev–Trinajstić information content (AvgIpc) is 2.82. The van der Waals surface area contributed by atoms with Crippen LogP contribution in [0.5, 0.6) is 0 Å². The van der Waals surface area contributed by atoms with Crippen molar-refractivity contribution in [2.45, 2.75) is 0 Å². The molecule has 0 fully saturated rings. The predicted octanol–water partition coefficient (Wildman–Crippen LogP) is 1.60. The molecule has 3 rings (SSSR count). The van der Waals surface area contributed by atoms with E-state index in [1.807, 2.05) is 16.5 Å². The highest BCUT2D eigenvalue weighted by Gasteiger charge is 2.07. The van der Waals surface area contributed by atoms with Gasteiger partial charge in [-0.3, -0.25) is 14.2 Å². The molecule has 0 spiro atoms. The van der Waals surface area contributed by atoms with Gasteiger partial charge in [0.15, 0.2) is 11.5 Å². The van der Waals surface area contributed by atoms with Crippen LogP contribution in [0.3, 0.4) is 0 Å². The van der Waals surface area contributed by atoms with Crippen molar-refractivity contribution in [3.05, 3.63) is 48.4 Å². The van der Waals surface area contributed by atoms with Gasteiger partial charge in [-0.25, -0.2) is 0 Å². The number of fused-ring (bicyclic) bond motifs is 1. The molecule has 0 aliphatic heterocycles. The normalized spacial score (nSPS) is 10.6. The van der Waals surface area contributed by atoms with Crippen molar-refractivity contribution in [3.8, 4) is 11.4 Å². The zero-order valence-electron chi connectivity index (χ0n) is 8.82. The van der Waals surface area contributed by atoms with Crippen molar-refractivity contribution in [2.24, 2.45) is 0 Å². The topological polar surface area (TPSA) is 60.2 Å². The fourth-order valence-corrected chi connectivity index (χ4v) is 1.67. The molecule has 0 bridgehead atoms. The highest BCUT2D eigenvalue weighted by atomic mass is 16.1. The van der Waals surface area contributed by atoms with Crippen molar-refractivity contribution in [2.75, 3.05) is 0 Å². The minimum atomic E-state index is 0.586. The first-order valence-electron chi connectivity index (χ1n) is 5.09. The number of hydrogen-bond acceptors (Lipinski definition) is 4. The Balaban J connectivity index is 2.22. The van der Waals surface area contributed by atoms with E-state index in [1.165, 1.54) is 0 Å². The summed E-state index contributed by atoms with van der Waals surface area (Å²) in [7, 11) is 0.